The van der Waals surface area contributed by atoms with Gasteiger partial charge in [0.2, 0.25) is 10.0 Å². The quantitative estimate of drug-likeness (QED) is 0.710. The van der Waals surface area contributed by atoms with E-state index in [1.807, 2.05) is 0 Å². The molecule has 2 aromatic carbocycles. The minimum atomic E-state index is -3.69. The van der Waals surface area contributed by atoms with Crippen LogP contribution in [-0.4, -0.2) is 20.9 Å². The van der Waals surface area contributed by atoms with Gasteiger partial charge < -0.3 is 9.32 Å². The maximum Gasteiger partial charge on any atom is 0.293 e. The topological polar surface area (TPSA) is 79.6 Å². The molecule has 28 heavy (non-hydrogen) atoms. The molecule has 0 fully saturated rings. The smallest absolute Gasteiger partial charge is 0.293 e. The van der Waals surface area contributed by atoms with Gasteiger partial charge in [-0.15, -0.1) is 0 Å². The molecule has 1 aromatic heterocycles. The second-order valence-corrected chi connectivity index (χ2v) is 8.24. The van der Waals surface area contributed by atoms with E-state index in [1.165, 1.54) is 30.5 Å². The van der Waals surface area contributed by atoms with Gasteiger partial charge in [0.25, 0.3) is 5.91 Å². The highest BCUT2D eigenvalue weighted by Gasteiger charge is 2.27. The first-order chi connectivity index (χ1) is 13.4. The maximum atomic E-state index is 13.0. The summed E-state index contributed by atoms with van der Waals surface area (Å²) in [7, 11) is -3.69. The van der Waals surface area contributed by atoms with E-state index in [9.17, 15) is 17.6 Å². The van der Waals surface area contributed by atoms with Gasteiger partial charge in [0, 0.05) is 12.2 Å². The van der Waals surface area contributed by atoms with E-state index in [4.69, 9.17) is 4.42 Å². The fourth-order valence-electron chi connectivity index (χ4n) is 3.20. The molecule has 0 radical (unpaired) electrons. The fraction of sp³-hybridized carbons (Fsp3) is 0.150. The van der Waals surface area contributed by atoms with Crippen LogP contribution in [0.3, 0.4) is 0 Å². The molecule has 0 unspecified atom stereocenters. The molecule has 1 aliphatic heterocycles. The number of furan rings is 1. The molecule has 3 aromatic rings. The van der Waals surface area contributed by atoms with Crippen LogP contribution < -0.4 is 9.62 Å². The highest BCUT2D eigenvalue weighted by molar-refractivity contribution is 7.91. The third-order valence-corrected chi connectivity index (χ3v) is 5.76. The highest BCUT2D eigenvalue weighted by atomic mass is 32.2. The molecule has 1 aliphatic rings. The number of hydrogen-bond donors (Lipinski definition) is 1. The van der Waals surface area contributed by atoms with Crippen molar-refractivity contribution in [2.75, 3.05) is 16.2 Å². The highest BCUT2D eigenvalue weighted by Crippen LogP contribution is 2.32. The summed E-state index contributed by atoms with van der Waals surface area (Å²) >= 11 is 0. The molecule has 144 valence electrons. The second kappa shape index (κ2) is 7.12. The van der Waals surface area contributed by atoms with Crippen molar-refractivity contribution in [3.05, 3.63) is 83.6 Å². The molecular formula is C20H17FN2O4S. The Morgan fingerprint density at radius 2 is 1.93 bits per heavy atom. The Bertz CT molecular complexity index is 1110. The van der Waals surface area contributed by atoms with Crippen LogP contribution in [-0.2, 0) is 22.2 Å². The first kappa shape index (κ1) is 18.2. The van der Waals surface area contributed by atoms with Crippen LogP contribution in [0.25, 0.3) is 0 Å². The van der Waals surface area contributed by atoms with Crippen LogP contribution in [0.2, 0.25) is 0 Å². The van der Waals surface area contributed by atoms with Gasteiger partial charge >= 0.3 is 0 Å². The van der Waals surface area contributed by atoms with E-state index < -0.39 is 15.8 Å². The molecule has 0 spiro atoms. The van der Waals surface area contributed by atoms with E-state index >= 15 is 0 Å². The molecule has 1 amide bonds. The first-order valence-electron chi connectivity index (χ1n) is 8.64. The number of hydrogen-bond acceptors (Lipinski definition) is 4. The number of carbonyl (C=O) groups is 1. The Kier molecular flexibility index (Phi) is 4.64. The minimum absolute atomic E-state index is 0.232. The number of nitrogens with zero attached hydrogens (tertiary/aromatic N) is 1. The zero-order valence-corrected chi connectivity index (χ0v) is 15.6. The van der Waals surface area contributed by atoms with Crippen molar-refractivity contribution in [1.29, 1.82) is 0 Å². The summed E-state index contributed by atoms with van der Waals surface area (Å²) < 4.78 is 45.6. The summed E-state index contributed by atoms with van der Waals surface area (Å²) in [5, 5.41) is 0. The number of carbonyl (C=O) groups excluding carboxylic acids is 1. The number of rotatable bonds is 5. The second-order valence-electron chi connectivity index (χ2n) is 6.52. The average Bonchev–Trinajstić information content (AvgIpc) is 3.32. The summed E-state index contributed by atoms with van der Waals surface area (Å²) in [5.74, 6) is -0.737. The first-order valence-corrected chi connectivity index (χ1v) is 10.3. The van der Waals surface area contributed by atoms with Crippen LogP contribution in [0.5, 0.6) is 0 Å². The van der Waals surface area contributed by atoms with E-state index in [0.717, 1.165) is 5.56 Å². The Morgan fingerprint density at radius 1 is 1.14 bits per heavy atom. The lowest BCUT2D eigenvalue weighted by molar-refractivity contribution is 0.0963. The van der Waals surface area contributed by atoms with Crippen molar-refractivity contribution in [3.8, 4) is 0 Å². The van der Waals surface area contributed by atoms with Crippen LogP contribution >= 0.6 is 0 Å². The number of fused-ring (bicyclic) bond motifs is 1. The molecule has 4 rings (SSSR count). The van der Waals surface area contributed by atoms with Gasteiger partial charge in [0.15, 0.2) is 5.76 Å². The van der Waals surface area contributed by atoms with E-state index in [2.05, 4.69) is 4.72 Å². The third-order valence-electron chi connectivity index (χ3n) is 4.50. The number of halogens is 1. The van der Waals surface area contributed by atoms with Crippen LogP contribution in [0.1, 0.15) is 21.7 Å². The maximum absolute atomic E-state index is 13.0. The summed E-state index contributed by atoms with van der Waals surface area (Å²) in [6, 6.07) is 13.7. The monoisotopic (exact) mass is 400 g/mol. The zero-order valence-electron chi connectivity index (χ0n) is 14.8. The van der Waals surface area contributed by atoms with Crippen molar-refractivity contribution in [1.82, 2.24) is 0 Å². The molecular weight excluding hydrogens is 383 g/mol. The Labute approximate surface area is 161 Å². The molecule has 6 nitrogen and oxygen atoms in total. The lowest BCUT2D eigenvalue weighted by atomic mass is 10.1. The molecule has 0 bridgehead atoms. The van der Waals surface area contributed by atoms with Crippen molar-refractivity contribution >= 4 is 27.3 Å². The summed E-state index contributed by atoms with van der Waals surface area (Å²) in [4.78, 5) is 14.2. The minimum Gasteiger partial charge on any atom is -0.459 e. The third kappa shape index (κ3) is 3.77. The zero-order chi connectivity index (χ0) is 19.7. The molecule has 2 heterocycles. The lowest BCUT2D eigenvalue weighted by Gasteiger charge is -2.17. The Hall–Kier alpha value is -3.13. The lowest BCUT2D eigenvalue weighted by Crippen LogP contribution is -2.28. The summed E-state index contributed by atoms with van der Waals surface area (Å²) in [6.07, 6.45) is 2.12. The Balaban J connectivity index is 1.54. The van der Waals surface area contributed by atoms with Gasteiger partial charge in [0.05, 0.1) is 17.7 Å². The fourth-order valence-corrected chi connectivity index (χ4v) is 4.39. The standard InChI is InChI=1S/C20H17FN2O4S/c21-16-6-3-14(4-7-16)13-28(25,26)22-17-8-5-15-9-10-23(18(15)12-17)20(24)19-2-1-11-27-19/h1-8,11-12,22H,9-10,13H2. The number of benzene rings is 2. The van der Waals surface area contributed by atoms with Crippen molar-refractivity contribution in [2.45, 2.75) is 12.2 Å². The van der Waals surface area contributed by atoms with Gasteiger partial charge in [-0.2, -0.15) is 0 Å². The van der Waals surface area contributed by atoms with Gasteiger partial charge in [-0.3, -0.25) is 9.52 Å². The van der Waals surface area contributed by atoms with Crippen molar-refractivity contribution < 1.29 is 22.0 Å². The predicted octanol–water partition coefficient (Wildman–Crippen LogP) is 3.56. The van der Waals surface area contributed by atoms with Gasteiger partial charge in [-0.1, -0.05) is 18.2 Å². The number of amides is 1. The number of sulfonamides is 1. The summed E-state index contributed by atoms with van der Waals surface area (Å²) in [6.45, 7) is 0.501. The van der Waals surface area contributed by atoms with E-state index in [0.29, 0.717) is 29.9 Å². The van der Waals surface area contributed by atoms with Crippen LogP contribution in [0, 0.1) is 5.82 Å². The molecule has 0 aliphatic carbocycles. The van der Waals surface area contributed by atoms with Gasteiger partial charge in [-0.05, 0) is 53.9 Å². The predicted molar refractivity (Wildman–Crippen MR) is 103 cm³/mol. The van der Waals surface area contributed by atoms with Crippen LogP contribution in [0.15, 0.2) is 65.3 Å². The molecule has 8 heteroatoms. The van der Waals surface area contributed by atoms with E-state index in [1.54, 1.807) is 35.2 Å². The molecule has 1 N–H and O–H groups in total. The summed E-state index contributed by atoms with van der Waals surface area (Å²) in [5.41, 5.74) is 2.45. The molecule has 0 atom stereocenters. The molecule has 0 saturated heterocycles. The average molecular weight is 400 g/mol. The van der Waals surface area contributed by atoms with Crippen molar-refractivity contribution in [3.63, 3.8) is 0 Å². The van der Waals surface area contributed by atoms with Gasteiger partial charge in [0.1, 0.15) is 5.82 Å². The van der Waals surface area contributed by atoms with Crippen molar-refractivity contribution in [2.24, 2.45) is 0 Å². The number of anilines is 2. The van der Waals surface area contributed by atoms with Gasteiger partial charge in [-0.25, -0.2) is 12.8 Å². The number of nitrogens with one attached hydrogen (secondary N) is 1. The normalized spacial score (nSPS) is 13.4. The SMILES string of the molecule is O=C(c1ccco1)N1CCc2ccc(NS(=O)(=O)Cc3ccc(F)cc3)cc21. The molecule has 0 saturated carbocycles. The largest absolute Gasteiger partial charge is 0.459 e. The van der Waals surface area contributed by atoms with E-state index in [-0.39, 0.29) is 17.4 Å². The van der Waals surface area contributed by atoms with Crippen LogP contribution in [0.4, 0.5) is 15.8 Å². The Morgan fingerprint density at radius 3 is 2.64 bits per heavy atom.